The number of likely N-dealkylation sites (N-methyl/N-ethyl adjacent to an activating group) is 1. The summed E-state index contributed by atoms with van der Waals surface area (Å²) < 4.78 is 13.4. The molecule has 2 aromatic carbocycles. The predicted molar refractivity (Wildman–Crippen MR) is 87.1 cm³/mol. The van der Waals surface area contributed by atoms with Crippen molar-refractivity contribution in [1.29, 1.82) is 0 Å². The van der Waals surface area contributed by atoms with Gasteiger partial charge in [-0.05, 0) is 47.7 Å². The zero-order chi connectivity index (χ0) is 15.2. The molecule has 2 heteroatoms. The molecule has 1 unspecified atom stereocenters. The highest BCUT2D eigenvalue weighted by Crippen LogP contribution is 2.21. The Balaban J connectivity index is 2.16. The largest absolute Gasteiger partial charge is 0.310 e. The van der Waals surface area contributed by atoms with Crippen molar-refractivity contribution in [2.75, 3.05) is 6.54 Å². The van der Waals surface area contributed by atoms with Crippen LogP contribution >= 0.6 is 0 Å². The lowest BCUT2D eigenvalue weighted by molar-refractivity contribution is 0.542. The first kappa shape index (κ1) is 15.7. The van der Waals surface area contributed by atoms with Crippen molar-refractivity contribution in [3.8, 4) is 0 Å². The van der Waals surface area contributed by atoms with Gasteiger partial charge in [0, 0.05) is 6.04 Å². The first-order valence-corrected chi connectivity index (χ1v) is 7.67. The zero-order valence-corrected chi connectivity index (χ0v) is 13.1. The third kappa shape index (κ3) is 4.40. The maximum absolute atomic E-state index is 13.4. The van der Waals surface area contributed by atoms with Crippen molar-refractivity contribution in [3.63, 3.8) is 0 Å². The molecule has 0 saturated carbocycles. The van der Waals surface area contributed by atoms with Crippen LogP contribution in [0.25, 0.3) is 0 Å². The average Bonchev–Trinajstić information content (AvgIpc) is 2.47. The molecule has 0 saturated heterocycles. The molecular formula is C19H24FN. The summed E-state index contributed by atoms with van der Waals surface area (Å²) >= 11 is 0. The third-order valence-corrected chi connectivity index (χ3v) is 3.79. The van der Waals surface area contributed by atoms with Crippen LogP contribution in [-0.2, 0) is 6.42 Å². The van der Waals surface area contributed by atoms with E-state index < -0.39 is 0 Å². The molecule has 0 fully saturated rings. The summed E-state index contributed by atoms with van der Waals surface area (Å²) in [4.78, 5) is 0. The van der Waals surface area contributed by atoms with Gasteiger partial charge in [0.15, 0.2) is 0 Å². The zero-order valence-electron chi connectivity index (χ0n) is 13.1. The van der Waals surface area contributed by atoms with Gasteiger partial charge in [0.2, 0.25) is 0 Å². The molecule has 1 N–H and O–H groups in total. The molecule has 0 heterocycles. The summed E-state index contributed by atoms with van der Waals surface area (Å²) in [6.45, 7) is 7.34. The van der Waals surface area contributed by atoms with E-state index in [9.17, 15) is 4.39 Å². The molecule has 2 aromatic rings. The second-order valence-corrected chi connectivity index (χ2v) is 5.77. The van der Waals surface area contributed by atoms with Gasteiger partial charge in [-0.25, -0.2) is 4.39 Å². The molecule has 0 spiro atoms. The van der Waals surface area contributed by atoms with E-state index in [2.05, 4.69) is 50.4 Å². The van der Waals surface area contributed by atoms with Gasteiger partial charge in [-0.1, -0.05) is 57.2 Å². The van der Waals surface area contributed by atoms with Crippen LogP contribution in [0.3, 0.4) is 0 Å². The molecule has 0 aliphatic rings. The Bertz CT molecular complexity index is 560. The average molecular weight is 285 g/mol. The van der Waals surface area contributed by atoms with Gasteiger partial charge in [-0.2, -0.15) is 0 Å². The van der Waals surface area contributed by atoms with Gasteiger partial charge in [0.1, 0.15) is 5.82 Å². The second-order valence-electron chi connectivity index (χ2n) is 5.77. The quantitative estimate of drug-likeness (QED) is 0.800. The second kappa shape index (κ2) is 7.37. The fourth-order valence-electron chi connectivity index (χ4n) is 2.55. The molecule has 0 aliphatic carbocycles. The Kier molecular flexibility index (Phi) is 5.51. The first-order valence-electron chi connectivity index (χ1n) is 7.67. The molecule has 0 aromatic heterocycles. The van der Waals surface area contributed by atoms with Crippen molar-refractivity contribution >= 4 is 0 Å². The van der Waals surface area contributed by atoms with Gasteiger partial charge in [-0.15, -0.1) is 0 Å². The molecule has 0 radical (unpaired) electrons. The Hall–Kier alpha value is -1.67. The van der Waals surface area contributed by atoms with E-state index in [1.165, 1.54) is 17.2 Å². The van der Waals surface area contributed by atoms with Gasteiger partial charge in [-0.3, -0.25) is 0 Å². The first-order chi connectivity index (χ1) is 10.1. The third-order valence-electron chi connectivity index (χ3n) is 3.79. The fourth-order valence-corrected chi connectivity index (χ4v) is 2.55. The van der Waals surface area contributed by atoms with Crippen LogP contribution in [0.1, 0.15) is 49.4 Å². The predicted octanol–water partition coefficient (Wildman–Crippen LogP) is 4.84. The van der Waals surface area contributed by atoms with Crippen LogP contribution < -0.4 is 5.32 Å². The van der Waals surface area contributed by atoms with Gasteiger partial charge >= 0.3 is 0 Å². The van der Waals surface area contributed by atoms with Crippen LogP contribution in [0, 0.1) is 5.82 Å². The van der Waals surface area contributed by atoms with Crippen molar-refractivity contribution in [2.24, 2.45) is 0 Å². The number of nitrogens with one attached hydrogen (secondary N) is 1. The SMILES string of the molecule is CCNC(Cc1ccc(C(C)C)cc1)c1cccc(F)c1. The van der Waals surface area contributed by atoms with Crippen LogP contribution in [-0.4, -0.2) is 6.54 Å². The number of hydrogen-bond acceptors (Lipinski definition) is 1. The smallest absolute Gasteiger partial charge is 0.123 e. The highest BCUT2D eigenvalue weighted by molar-refractivity contribution is 5.28. The van der Waals surface area contributed by atoms with Gasteiger partial charge < -0.3 is 5.32 Å². The lowest BCUT2D eigenvalue weighted by atomic mass is 9.96. The minimum absolute atomic E-state index is 0.149. The molecular weight excluding hydrogens is 261 g/mol. The van der Waals surface area contributed by atoms with Crippen LogP contribution in [0.15, 0.2) is 48.5 Å². The minimum atomic E-state index is -0.175. The van der Waals surface area contributed by atoms with Crippen molar-refractivity contribution in [2.45, 2.75) is 39.2 Å². The molecule has 112 valence electrons. The topological polar surface area (TPSA) is 12.0 Å². The van der Waals surface area contributed by atoms with Crippen molar-refractivity contribution < 1.29 is 4.39 Å². The van der Waals surface area contributed by atoms with E-state index in [1.807, 2.05) is 6.07 Å². The summed E-state index contributed by atoms with van der Waals surface area (Å²) in [5, 5.41) is 3.45. The van der Waals surface area contributed by atoms with Crippen molar-refractivity contribution in [3.05, 3.63) is 71.0 Å². The van der Waals surface area contributed by atoms with E-state index >= 15 is 0 Å². The Morgan fingerprint density at radius 3 is 2.29 bits per heavy atom. The Morgan fingerprint density at radius 1 is 1.00 bits per heavy atom. The molecule has 2 rings (SSSR count). The Labute approximate surface area is 127 Å². The summed E-state index contributed by atoms with van der Waals surface area (Å²) in [6, 6.07) is 15.8. The summed E-state index contributed by atoms with van der Waals surface area (Å²) in [6.07, 6.45) is 0.871. The van der Waals surface area contributed by atoms with E-state index in [1.54, 1.807) is 12.1 Å². The highest BCUT2D eigenvalue weighted by Gasteiger charge is 2.12. The number of halogens is 1. The van der Waals surface area contributed by atoms with Gasteiger partial charge in [0.25, 0.3) is 0 Å². The molecule has 21 heavy (non-hydrogen) atoms. The monoisotopic (exact) mass is 285 g/mol. The van der Waals surface area contributed by atoms with Crippen LogP contribution in [0.2, 0.25) is 0 Å². The minimum Gasteiger partial charge on any atom is -0.310 e. The number of rotatable bonds is 6. The van der Waals surface area contributed by atoms with Crippen LogP contribution in [0.5, 0.6) is 0 Å². The molecule has 0 bridgehead atoms. The van der Waals surface area contributed by atoms with E-state index in [4.69, 9.17) is 0 Å². The molecule has 1 nitrogen and oxygen atoms in total. The fraction of sp³-hybridized carbons (Fsp3) is 0.368. The van der Waals surface area contributed by atoms with E-state index in [0.29, 0.717) is 5.92 Å². The van der Waals surface area contributed by atoms with E-state index in [-0.39, 0.29) is 11.9 Å². The standard InChI is InChI=1S/C19H24FN/c1-4-21-19(17-6-5-7-18(20)13-17)12-15-8-10-16(11-9-15)14(2)3/h5-11,13-14,19,21H,4,12H2,1-3H3. The highest BCUT2D eigenvalue weighted by atomic mass is 19.1. The van der Waals surface area contributed by atoms with E-state index in [0.717, 1.165) is 18.5 Å². The van der Waals surface area contributed by atoms with Gasteiger partial charge in [0.05, 0.1) is 0 Å². The van der Waals surface area contributed by atoms with Crippen molar-refractivity contribution in [1.82, 2.24) is 5.32 Å². The maximum Gasteiger partial charge on any atom is 0.123 e. The maximum atomic E-state index is 13.4. The summed E-state index contributed by atoms with van der Waals surface area (Å²) in [5.41, 5.74) is 3.63. The normalized spacial score (nSPS) is 12.6. The molecule has 0 amide bonds. The summed E-state index contributed by atoms with van der Waals surface area (Å²) in [7, 11) is 0. The molecule has 1 atom stereocenters. The summed E-state index contributed by atoms with van der Waals surface area (Å²) in [5.74, 6) is 0.373. The van der Waals surface area contributed by atoms with Crippen LogP contribution in [0.4, 0.5) is 4.39 Å². The lowest BCUT2D eigenvalue weighted by Crippen LogP contribution is -2.23. The number of benzene rings is 2. The lowest BCUT2D eigenvalue weighted by Gasteiger charge is -2.19. The Morgan fingerprint density at radius 2 is 1.71 bits per heavy atom. The molecule has 0 aliphatic heterocycles. The number of hydrogen-bond donors (Lipinski definition) is 1.